The summed E-state index contributed by atoms with van der Waals surface area (Å²) in [6.45, 7) is 7.76. The molecule has 0 bridgehead atoms. The lowest BCUT2D eigenvalue weighted by molar-refractivity contribution is 0.0250. The van der Waals surface area contributed by atoms with Crippen LogP contribution in [-0.2, 0) is 14.2 Å². The normalized spacial score (nSPS) is 14.8. The Labute approximate surface area is 104 Å². The molecule has 0 aromatic carbocycles. The van der Waals surface area contributed by atoms with Crippen molar-refractivity contribution in [3.8, 4) is 0 Å². The molecule has 0 radical (unpaired) electrons. The highest BCUT2D eigenvalue weighted by Gasteiger charge is 2.04. The predicted octanol–water partition coefficient (Wildman–Crippen LogP) is 0.415. The zero-order chi connectivity index (χ0) is 12.9. The lowest BCUT2D eigenvalue weighted by Gasteiger charge is -2.15. The van der Waals surface area contributed by atoms with E-state index in [4.69, 9.17) is 19.3 Å². The van der Waals surface area contributed by atoms with Crippen LogP contribution in [0.25, 0.3) is 0 Å². The molecular weight excluding hydrogens is 222 g/mol. The molecule has 0 aliphatic heterocycles. The number of aliphatic hydroxyl groups excluding tert-OH is 1. The predicted molar refractivity (Wildman–Crippen MR) is 67.3 cm³/mol. The van der Waals surface area contributed by atoms with Crippen LogP contribution in [0.2, 0.25) is 0 Å². The Kier molecular flexibility index (Phi) is 12.1. The SMILES string of the molecule is COCCOCCOCCNC(C)CC(C)O. The summed E-state index contributed by atoms with van der Waals surface area (Å²) in [4.78, 5) is 0. The quantitative estimate of drug-likeness (QED) is 0.491. The van der Waals surface area contributed by atoms with Gasteiger partial charge < -0.3 is 24.6 Å². The number of ether oxygens (including phenoxy) is 3. The first-order valence-corrected chi connectivity index (χ1v) is 6.22. The molecule has 104 valence electrons. The van der Waals surface area contributed by atoms with Crippen molar-refractivity contribution in [3.63, 3.8) is 0 Å². The standard InChI is InChI=1S/C12H27NO4/c1-11(10-12(2)14)13-4-5-16-8-9-17-7-6-15-3/h11-14H,4-10H2,1-3H3. The van der Waals surface area contributed by atoms with Gasteiger partial charge in [-0.25, -0.2) is 0 Å². The molecular formula is C12H27NO4. The van der Waals surface area contributed by atoms with Gasteiger partial charge in [-0.05, 0) is 20.3 Å². The Balaban J connectivity index is 3.07. The smallest absolute Gasteiger partial charge is 0.0701 e. The molecule has 0 fully saturated rings. The van der Waals surface area contributed by atoms with Gasteiger partial charge in [0.2, 0.25) is 0 Å². The van der Waals surface area contributed by atoms with E-state index in [9.17, 15) is 0 Å². The van der Waals surface area contributed by atoms with Crippen LogP contribution >= 0.6 is 0 Å². The molecule has 0 heterocycles. The summed E-state index contributed by atoms with van der Waals surface area (Å²) in [5.74, 6) is 0. The van der Waals surface area contributed by atoms with Gasteiger partial charge in [0.25, 0.3) is 0 Å². The lowest BCUT2D eigenvalue weighted by Crippen LogP contribution is -2.32. The van der Waals surface area contributed by atoms with E-state index < -0.39 is 0 Å². The highest BCUT2D eigenvalue weighted by atomic mass is 16.5. The Morgan fingerprint density at radius 3 is 2.18 bits per heavy atom. The summed E-state index contributed by atoms with van der Waals surface area (Å²) in [7, 11) is 1.65. The van der Waals surface area contributed by atoms with Crippen molar-refractivity contribution < 1.29 is 19.3 Å². The highest BCUT2D eigenvalue weighted by molar-refractivity contribution is 4.63. The maximum atomic E-state index is 9.17. The molecule has 0 aliphatic rings. The molecule has 0 rings (SSSR count). The third-order valence-electron chi connectivity index (χ3n) is 2.24. The van der Waals surface area contributed by atoms with Crippen molar-refractivity contribution in [2.45, 2.75) is 32.4 Å². The van der Waals surface area contributed by atoms with Crippen molar-refractivity contribution >= 4 is 0 Å². The average Bonchev–Trinajstić information content (AvgIpc) is 2.26. The first-order chi connectivity index (χ1) is 8.16. The van der Waals surface area contributed by atoms with Crippen LogP contribution in [0.3, 0.4) is 0 Å². The second kappa shape index (κ2) is 12.3. The van der Waals surface area contributed by atoms with Gasteiger partial charge >= 0.3 is 0 Å². The van der Waals surface area contributed by atoms with E-state index in [-0.39, 0.29) is 6.10 Å². The average molecular weight is 249 g/mol. The summed E-state index contributed by atoms with van der Waals surface area (Å²) >= 11 is 0. The van der Waals surface area contributed by atoms with Crippen LogP contribution < -0.4 is 5.32 Å². The van der Waals surface area contributed by atoms with Crippen LogP contribution in [0.4, 0.5) is 0 Å². The number of methoxy groups -OCH3 is 1. The van der Waals surface area contributed by atoms with Crippen LogP contribution in [0.15, 0.2) is 0 Å². The number of rotatable bonds is 12. The molecule has 0 saturated carbocycles. The van der Waals surface area contributed by atoms with Crippen LogP contribution in [-0.4, -0.2) is 63.9 Å². The van der Waals surface area contributed by atoms with E-state index in [0.29, 0.717) is 39.1 Å². The minimum Gasteiger partial charge on any atom is -0.393 e. The van der Waals surface area contributed by atoms with Gasteiger partial charge in [-0.3, -0.25) is 0 Å². The van der Waals surface area contributed by atoms with Gasteiger partial charge in [0.1, 0.15) is 0 Å². The van der Waals surface area contributed by atoms with Gasteiger partial charge in [-0.2, -0.15) is 0 Å². The minimum absolute atomic E-state index is 0.257. The van der Waals surface area contributed by atoms with Crippen molar-refractivity contribution in [2.24, 2.45) is 0 Å². The highest BCUT2D eigenvalue weighted by Crippen LogP contribution is 1.95. The summed E-state index contributed by atoms with van der Waals surface area (Å²) < 4.78 is 15.5. The maximum Gasteiger partial charge on any atom is 0.0701 e. The largest absolute Gasteiger partial charge is 0.393 e. The third kappa shape index (κ3) is 13.7. The molecule has 0 saturated heterocycles. The summed E-state index contributed by atoms with van der Waals surface area (Å²) in [6.07, 6.45) is 0.507. The third-order valence-corrected chi connectivity index (χ3v) is 2.24. The number of hydrogen-bond donors (Lipinski definition) is 2. The Morgan fingerprint density at radius 1 is 1.00 bits per heavy atom. The van der Waals surface area contributed by atoms with Crippen molar-refractivity contribution in [1.29, 1.82) is 0 Å². The van der Waals surface area contributed by atoms with E-state index in [2.05, 4.69) is 12.2 Å². The monoisotopic (exact) mass is 249 g/mol. The van der Waals surface area contributed by atoms with Gasteiger partial charge in [0.05, 0.1) is 39.1 Å². The van der Waals surface area contributed by atoms with E-state index >= 15 is 0 Å². The van der Waals surface area contributed by atoms with Crippen molar-refractivity contribution in [2.75, 3.05) is 46.7 Å². The lowest BCUT2D eigenvalue weighted by atomic mass is 10.1. The Bertz CT molecular complexity index is 155. The second-order valence-electron chi connectivity index (χ2n) is 4.16. The zero-order valence-electron chi connectivity index (χ0n) is 11.3. The van der Waals surface area contributed by atoms with Gasteiger partial charge in [0, 0.05) is 19.7 Å². The van der Waals surface area contributed by atoms with E-state index in [1.807, 2.05) is 0 Å². The number of aliphatic hydroxyl groups is 1. The minimum atomic E-state index is -0.257. The van der Waals surface area contributed by atoms with Crippen molar-refractivity contribution in [1.82, 2.24) is 5.32 Å². The molecule has 0 amide bonds. The summed E-state index contributed by atoms with van der Waals surface area (Å²) in [5.41, 5.74) is 0. The molecule has 0 aromatic heterocycles. The fourth-order valence-corrected chi connectivity index (χ4v) is 1.44. The van der Waals surface area contributed by atoms with E-state index in [1.165, 1.54) is 0 Å². The zero-order valence-corrected chi connectivity index (χ0v) is 11.3. The molecule has 0 aliphatic carbocycles. The van der Waals surface area contributed by atoms with Crippen LogP contribution in [0.1, 0.15) is 20.3 Å². The number of nitrogens with one attached hydrogen (secondary N) is 1. The van der Waals surface area contributed by atoms with Crippen molar-refractivity contribution in [3.05, 3.63) is 0 Å². The first kappa shape index (κ1) is 16.8. The second-order valence-corrected chi connectivity index (χ2v) is 4.16. The molecule has 0 aromatic rings. The summed E-state index contributed by atoms with van der Waals surface area (Å²) in [6, 6.07) is 0.316. The molecule has 5 heteroatoms. The molecule has 2 atom stereocenters. The Hall–Kier alpha value is -0.200. The van der Waals surface area contributed by atoms with Crippen LogP contribution in [0, 0.1) is 0 Å². The first-order valence-electron chi connectivity index (χ1n) is 6.22. The fraction of sp³-hybridized carbons (Fsp3) is 1.00. The van der Waals surface area contributed by atoms with Crippen LogP contribution in [0.5, 0.6) is 0 Å². The molecule has 0 spiro atoms. The molecule has 2 N–H and O–H groups in total. The van der Waals surface area contributed by atoms with Gasteiger partial charge in [-0.1, -0.05) is 0 Å². The molecule has 5 nitrogen and oxygen atoms in total. The van der Waals surface area contributed by atoms with Gasteiger partial charge in [-0.15, -0.1) is 0 Å². The maximum absolute atomic E-state index is 9.17. The fourth-order valence-electron chi connectivity index (χ4n) is 1.44. The van der Waals surface area contributed by atoms with Gasteiger partial charge in [0.15, 0.2) is 0 Å². The molecule has 17 heavy (non-hydrogen) atoms. The summed E-state index contributed by atoms with van der Waals surface area (Å²) in [5, 5.41) is 12.4. The topological polar surface area (TPSA) is 60.0 Å². The molecule has 2 unspecified atom stereocenters. The van der Waals surface area contributed by atoms with E-state index in [0.717, 1.165) is 13.0 Å². The Morgan fingerprint density at radius 2 is 1.59 bits per heavy atom. The van der Waals surface area contributed by atoms with E-state index in [1.54, 1.807) is 14.0 Å². The number of hydrogen-bond acceptors (Lipinski definition) is 5.